The van der Waals surface area contributed by atoms with Crippen molar-refractivity contribution in [3.8, 4) is 0 Å². The predicted octanol–water partition coefficient (Wildman–Crippen LogP) is 1.72. The van der Waals surface area contributed by atoms with Crippen molar-refractivity contribution in [1.82, 2.24) is 24.5 Å². The highest BCUT2D eigenvalue weighted by Gasteiger charge is 2.21. The summed E-state index contributed by atoms with van der Waals surface area (Å²) in [6.45, 7) is 3.66. The van der Waals surface area contributed by atoms with Crippen LogP contribution in [0.3, 0.4) is 0 Å². The van der Waals surface area contributed by atoms with Crippen LogP contribution < -0.4 is 4.90 Å². The van der Waals surface area contributed by atoms with E-state index in [0.29, 0.717) is 12.1 Å². The Hall–Kier alpha value is -2.61. The van der Waals surface area contributed by atoms with Crippen LogP contribution in [-0.4, -0.2) is 50.7 Å². The molecule has 1 aliphatic rings. The normalized spacial score (nSPS) is 16.0. The van der Waals surface area contributed by atoms with Gasteiger partial charge in [0.1, 0.15) is 18.0 Å². The van der Waals surface area contributed by atoms with E-state index in [1.165, 1.54) is 12.1 Å². The molecule has 6 nitrogen and oxygen atoms in total. The monoisotopic (exact) mass is 330 g/mol. The van der Waals surface area contributed by atoms with Crippen molar-refractivity contribution < 1.29 is 8.78 Å². The standard InChI is InChI=1S/C16H16F2N6/c17-13-7-12(8-14(18)9-13)10-22-3-5-23(6-4-22)15-16-21-20-11-24(16)2-1-19-15/h1-2,7-9,11H,3-6,10H2. The summed E-state index contributed by atoms with van der Waals surface area (Å²) in [5, 5.41) is 8.02. The van der Waals surface area contributed by atoms with Gasteiger partial charge in [-0.1, -0.05) is 0 Å². The molecule has 124 valence electrons. The zero-order valence-corrected chi connectivity index (χ0v) is 12.9. The summed E-state index contributed by atoms with van der Waals surface area (Å²) in [7, 11) is 0. The van der Waals surface area contributed by atoms with Gasteiger partial charge in [0.05, 0.1) is 0 Å². The van der Waals surface area contributed by atoms with Crippen LogP contribution in [0.5, 0.6) is 0 Å². The van der Waals surface area contributed by atoms with Gasteiger partial charge in [-0.25, -0.2) is 13.8 Å². The Bertz CT molecular complexity index is 836. The number of benzene rings is 1. The number of nitrogens with zero attached hydrogens (tertiary/aromatic N) is 6. The topological polar surface area (TPSA) is 49.6 Å². The minimum absolute atomic E-state index is 0.533. The maximum atomic E-state index is 13.3. The Balaban J connectivity index is 1.44. The molecule has 0 unspecified atom stereocenters. The minimum atomic E-state index is -0.536. The van der Waals surface area contributed by atoms with E-state index < -0.39 is 11.6 Å². The lowest BCUT2D eigenvalue weighted by atomic mass is 10.2. The smallest absolute Gasteiger partial charge is 0.203 e. The zero-order chi connectivity index (χ0) is 16.5. The predicted molar refractivity (Wildman–Crippen MR) is 84.6 cm³/mol. The molecule has 0 spiro atoms. The summed E-state index contributed by atoms with van der Waals surface area (Å²) in [5.41, 5.74) is 1.39. The molecule has 0 saturated carbocycles. The molecule has 1 aromatic carbocycles. The second-order valence-electron chi connectivity index (χ2n) is 5.85. The fraction of sp³-hybridized carbons (Fsp3) is 0.312. The lowest BCUT2D eigenvalue weighted by molar-refractivity contribution is 0.249. The molecule has 1 aliphatic heterocycles. The molecule has 0 amide bonds. The van der Waals surface area contributed by atoms with Crippen molar-refractivity contribution in [2.75, 3.05) is 31.1 Å². The minimum Gasteiger partial charge on any atom is -0.351 e. The van der Waals surface area contributed by atoms with E-state index in [9.17, 15) is 8.78 Å². The van der Waals surface area contributed by atoms with Gasteiger partial charge in [-0.15, -0.1) is 10.2 Å². The van der Waals surface area contributed by atoms with Crippen molar-refractivity contribution in [3.63, 3.8) is 0 Å². The largest absolute Gasteiger partial charge is 0.351 e. The molecule has 3 heterocycles. The number of rotatable bonds is 3. The average Bonchev–Trinajstić information content (AvgIpc) is 3.03. The Morgan fingerprint density at radius 2 is 1.75 bits per heavy atom. The zero-order valence-electron chi connectivity index (χ0n) is 12.9. The number of hydrogen-bond donors (Lipinski definition) is 0. The molecule has 0 atom stereocenters. The second-order valence-corrected chi connectivity index (χ2v) is 5.85. The van der Waals surface area contributed by atoms with Crippen LogP contribution in [0.2, 0.25) is 0 Å². The van der Waals surface area contributed by atoms with Crippen molar-refractivity contribution in [2.24, 2.45) is 0 Å². The molecule has 1 saturated heterocycles. The number of fused-ring (bicyclic) bond motifs is 1. The van der Waals surface area contributed by atoms with Crippen LogP contribution in [0.4, 0.5) is 14.6 Å². The van der Waals surface area contributed by atoms with Crippen LogP contribution in [0.15, 0.2) is 36.9 Å². The number of piperazine rings is 1. The highest BCUT2D eigenvalue weighted by molar-refractivity contribution is 5.63. The molecular formula is C16H16F2N6. The van der Waals surface area contributed by atoms with E-state index in [0.717, 1.165) is 43.7 Å². The Labute approximate surface area is 137 Å². The summed E-state index contributed by atoms with van der Waals surface area (Å²) in [6.07, 6.45) is 5.19. The van der Waals surface area contributed by atoms with Crippen LogP contribution in [0.25, 0.3) is 5.65 Å². The lowest BCUT2D eigenvalue weighted by Crippen LogP contribution is -2.46. The third-order valence-electron chi connectivity index (χ3n) is 4.20. The third kappa shape index (κ3) is 2.92. The molecule has 24 heavy (non-hydrogen) atoms. The molecule has 1 fully saturated rings. The number of aromatic nitrogens is 4. The first-order valence-corrected chi connectivity index (χ1v) is 7.76. The summed E-state index contributed by atoms with van der Waals surface area (Å²) in [6, 6.07) is 3.66. The van der Waals surface area contributed by atoms with Crippen molar-refractivity contribution in [3.05, 3.63) is 54.1 Å². The Morgan fingerprint density at radius 3 is 2.50 bits per heavy atom. The lowest BCUT2D eigenvalue weighted by Gasteiger charge is -2.35. The fourth-order valence-electron chi connectivity index (χ4n) is 3.05. The van der Waals surface area contributed by atoms with Gasteiger partial charge in [-0.05, 0) is 17.7 Å². The first kappa shape index (κ1) is 14.9. The Kier molecular flexibility index (Phi) is 3.81. The molecule has 3 aromatic rings. The van der Waals surface area contributed by atoms with E-state index in [4.69, 9.17) is 0 Å². The van der Waals surface area contributed by atoms with Gasteiger partial charge in [0.2, 0.25) is 5.65 Å². The molecular weight excluding hydrogens is 314 g/mol. The average molecular weight is 330 g/mol. The maximum absolute atomic E-state index is 13.3. The van der Waals surface area contributed by atoms with E-state index in [-0.39, 0.29) is 0 Å². The summed E-state index contributed by atoms with van der Waals surface area (Å²) in [5.74, 6) is -0.260. The summed E-state index contributed by atoms with van der Waals surface area (Å²) >= 11 is 0. The van der Waals surface area contributed by atoms with E-state index in [1.54, 1.807) is 12.5 Å². The van der Waals surface area contributed by atoms with Gasteiger partial charge < -0.3 is 4.90 Å². The number of halogens is 2. The second kappa shape index (κ2) is 6.12. The molecule has 8 heteroatoms. The number of hydrogen-bond acceptors (Lipinski definition) is 5. The first-order chi connectivity index (χ1) is 11.7. The quantitative estimate of drug-likeness (QED) is 0.732. The molecule has 0 aliphatic carbocycles. The summed E-state index contributed by atoms with van der Waals surface area (Å²) in [4.78, 5) is 8.75. The Morgan fingerprint density at radius 1 is 1.00 bits per heavy atom. The highest BCUT2D eigenvalue weighted by Crippen LogP contribution is 2.19. The third-order valence-corrected chi connectivity index (χ3v) is 4.20. The summed E-state index contributed by atoms with van der Waals surface area (Å²) < 4.78 is 28.4. The van der Waals surface area contributed by atoms with Crippen molar-refractivity contribution in [1.29, 1.82) is 0 Å². The van der Waals surface area contributed by atoms with Crippen molar-refractivity contribution in [2.45, 2.75) is 6.54 Å². The van der Waals surface area contributed by atoms with Crippen molar-refractivity contribution >= 4 is 11.5 Å². The van der Waals surface area contributed by atoms with Crippen LogP contribution in [-0.2, 0) is 6.54 Å². The van der Waals surface area contributed by atoms with Gasteiger partial charge >= 0.3 is 0 Å². The maximum Gasteiger partial charge on any atom is 0.203 e. The van der Waals surface area contributed by atoms with Gasteiger partial charge in [0, 0.05) is 51.2 Å². The first-order valence-electron chi connectivity index (χ1n) is 7.76. The van der Waals surface area contributed by atoms with Gasteiger partial charge in [0.15, 0.2) is 5.82 Å². The van der Waals surface area contributed by atoms with E-state index in [2.05, 4.69) is 25.0 Å². The molecule has 0 bridgehead atoms. The SMILES string of the molecule is Fc1cc(F)cc(CN2CCN(c3nccn4cnnc34)CC2)c1. The van der Waals surface area contributed by atoms with E-state index in [1.807, 2.05) is 10.6 Å². The molecule has 2 aromatic heterocycles. The van der Waals surface area contributed by atoms with Crippen LogP contribution in [0, 0.1) is 11.6 Å². The fourth-order valence-corrected chi connectivity index (χ4v) is 3.05. The number of anilines is 1. The van der Waals surface area contributed by atoms with Gasteiger partial charge in [-0.3, -0.25) is 9.30 Å². The molecule has 0 radical (unpaired) electrons. The molecule has 4 rings (SSSR count). The van der Waals surface area contributed by atoms with Crippen LogP contribution >= 0.6 is 0 Å². The van der Waals surface area contributed by atoms with Gasteiger partial charge in [-0.2, -0.15) is 0 Å². The van der Waals surface area contributed by atoms with Crippen LogP contribution in [0.1, 0.15) is 5.56 Å². The van der Waals surface area contributed by atoms with E-state index >= 15 is 0 Å². The van der Waals surface area contributed by atoms with Gasteiger partial charge in [0.25, 0.3) is 0 Å². The molecule has 0 N–H and O–H groups in total. The highest BCUT2D eigenvalue weighted by atomic mass is 19.1.